The molecule has 21 heavy (non-hydrogen) atoms. The lowest BCUT2D eigenvalue weighted by molar-refractivity contribution is 0.0571. The standard InChI is InChI=1S/C16H22N2O3/c1-18(16(20)21-14-10-6-3-7-11-14)15(19)17-12-13-8-4-2-5-9-13/h2,4-5,8-9,14H,3,6-7,10-12H2,1H3,(H,17,19). The monoisotopic (exact) mass is 290 g/mol. The van der Waals surface area contributed by atoms with Crippen LogP contribution in [0.5, 0.6) is 0 Å². The fraction of sp³-hybridized carbons (Fsp3) is 0.500. The number of benzene rings is 1. The van der Waals surface area contributed by atoms with Gasteiger partial charge in [-0.15, -0.1) is 0 Å². The average molecular weight is 290 g/mol. The fourth-order valence-electron chi connectivity index (χ4n) is 2.38. The molecule has 5 heteroatoms. The van der Waals surface area contributed by atoms with E-state index in [1.165, 1.54) is 13.5 Å². The van der Waals surface area contributed by atoms with Crippen LogP contribution in [0.4, 0.5) is 9.59 Å². The zero-order valence-electron chi connectivity index (χ0n) is 12.4. The van der Waals surface area contributed by atoms with Crippen LogP contribution in [0.1, 0.15) is 37.7 Å². The molecule has 3 amide bonds. The number of amides is 3. The van der Waals surface area contributed by atoms with Gasteiger partial charge in [0, 0.05) is 13.6 Å². The molecule has 114 valence electrons. The van der Waals surface area contributed by atoms with E-state index in [-0.39, 0.29) is 6.10 Å². The molecule has 0 atom stereocenters. The van der Waals surface area contributed by atoms with E-state index < -0.39 is 12.1 Å². The highest BCUT2D eigenvalue weighted by atomic mass is 16.6. The van der Waals surface area contributed by atoms with Crippen LogP contribution in [0.25, 0.3) is 0 Å². The second kappa shape index (κ2) is 7.67. The summed E-state index contributed by atoms with van der Waals surface area (Å²) in [6, 6.07) is 9.12. The van der Waals surface area contributed by atoms with Crippen molar-refractivity contribution in [1.29, 1.82) is 0 Å². The predicted octanol–water partition coefficient (Wildman–Crippen LogP) is 3.30. The van der Waals surface area contributed by atoms with E-state index in [2.05, 4.69) is 5.32 Å². The van der Waals surface area contributed by atoms with Crippen molar-refractivity contribution < 1.29 is 14.3 Å². The number of imide groups is 1. The Hall–Kier alpha value is -2.04. The van der Waals surface area contributed by atoms with Gasteiger partial charge in [-0.2, -0.15) is 0 Å². The Balaban J connectivity index is 1.76. The largest absolute Gasteiger partial charge is 0.446 e. The number of hydrogen-bond donors (Lipinski definition) is 1. The van der Waals surface area contributed by atoms with Crippen LogP contribution < -0.4 is 5.32 Å². The van der Waals surface area contributed by atoms with Crippen LogP contribution in [-0.2, 0) is 11.3 Å². The summed E-state index contributed by atoms with van der Waals surface area (Å²) in [5, 5.41) is 2.70. The van der Waals surface area contributed by atoms with E-state index in [0.717, 1.165) is 36.1 Å². The van der Waals surface area contributed by atoms with E-state index in [1.807, 2.05) is 30.3 Å². The lowest BCUT2D eigenvalue weighted by Gasteiger charge is -2.24. The molecule has 0 aromatic heterocycles. The van der Waals surface area contributed by atoms with Gasteiger partial charge in [-0.3, -0.25) is 0 Å². The Bertz CT molecular complexity index is 470. The van der Waals surface area contributed by atoms with Gasteiger partial charge in [-0.25, -0.2) is 14.5 Å². The van der Waals surface area contributed by atoms with E-state index in [0.29, 0.717) is 6.54 Å². The summed E-state index contributed by atoms with van der Waals surface area (Å²) < 4.78 is 5.35. The lowest BCUT2D eigenvalue weighted by Crippen LogP contribution is -2.42. The lowest BCUT2D eigenvalue weighted by atomic mass is 9.98. The third kappa shape index (κ3) is 4.77. The summed E-state index contributed by atoms with van der Waals surface area (Å²) in [5.74, 6) is 0. The minimum atomic E-state index is -0.576. The van der Waals surface area contributed by atoms with Gasteiger partial charge in [0.25, 0.3) is 0 Å². The fourth-order valence-corrected chi connectivity index (χ4v) is 2.38. The number of ether oxygens (including phenoxy) is 1. The molecule has 1 N–H and O–H groups in total. The summed E-state index contributed by atoms with van der Waals surface area (Å²) in [6.45, 7) is 0.390. The highest BCUT2D eigenvalue weighted by Crippen LogP contribution is 2.20. The van der Waals surface area contributed by atoms with Gasteiger partial charge in [0.05, 0.1) is 0 Å². The number of nitrogens with one attached hydrogen (secondary N) is 1. The first-order chi connectivity index (χ1) is 10.2. The van der Waals surface area contributed by atoms with Gasteiger partial charge >= 0.3 is 12.1 Å². The molecule has 5 nitrogen and oxygen atoms in total. The van der Waals surface area contributed by atoms with Gasteiger partial charge in [-0.05, 0) is 31.2 Å². The molecule has 0 heterocycles. The molecular weight excluding hydrogens is 268 g/mol. The zero-order chi connectivity index (χ0) is 15.1. The predicted molar refractivity (Wildman–Crippen MR) is 79.8 cm³/mol. The molecule has 1 fully saturated rings. The molecule has 1 aromatic rings. The summed E-state index contributed by atoms with van der Waals surface area (Å²) in [7, 11) is 1.44. The van der Waals surface area contributed by atoms with Crippen molar-refractivity contribution in [1.82, 2.24) is 10.2 Å². The van der Waals surface area contributed by atoms with E-state index in [9.17, 15) is 9.59 Å². The Morgan fingerprint density at radius 1 is 1.19 bits per heavy atom. The maximum Gasteiger partial charge on any atom is 0.417 e. The number of rotatable bonds is 3. The molecule has 0 bridgehead atoms. The topological polar surface area (TPSA) is 58.6 Å². The molecule has 0 aliphatic heterocycles. The highest BCUT2D eigenvalue weighted by molar-refractivity contribution is 5.90. The molecule has 0 spiro atoms. The average Bonchev–Trinajstić information content (AvgIpc) is 2.53. The molecule has 1 aliphatic carbocycles. The summed E-state index contributed by atoms with van der Waals surface area (Å²) in [5.41, 5.74) is 0.986. The van der Waals surface area contributed by atoms with Gasteiger partial charge in [0.2, 0.25) is 0 Å². The molecule has 0 unspecified atom stereocenters. The second-order valence-electron chi connectivity index (χ2n) is 5.35. The van der Waals surface area contributed by atoms with E-state index in [1.54, 1.807) is 0 Å². The van der Waals surface area contributed by atoms with Crippen molar-refractivity contribution in [3.8, 4) is 0 Å². The molecule has 0 saturated heterocycles. The Labute approximate surface area is 125 Å². The van der Waals surface area contributed by atoms with Gasteiger partial charge < -0.3 is 10.1 Å². The van der Waals surface area contributed by atoms with Crippen LogP contribution in [-0.4, -0.2) is 30.2 Å². The van der Waals surface area contributed by atoms with Gasteiger partial charge in [-0.1, -0.05) is 36.8 Å². The molecule has 1 aliphatic rings. The molecule has 0 radical (unpaired) electrons. The number of nitrogens with zero attached hydrogens (tertiary/aromatic N) is 1. The first-order valence-electron chi connectivity index (χ1n) is 7.43. The zero-order valence-corrected chi connectivity index (χ0v) is 12.4. The van der Waals surface area contributed by atoms with Crippen molar-refractivity contribution in [3.05, 3.63) is 35.9 Å². The van der Waals surface area contributed by atoms with Gasteiger partial charge in [0.15, 0.2) is 0 Å². The van der Waals surface area contributed by atoms with Crippen LogP contribution in [0.15, 0.2) is 30.3 Å². The molecule has 1 aromatic carbocycles. The highest BCUT2D eigenvalue weighted by Gasteiger charge is 2.23. The quantitative estimate of drug-likeness (QED) is 0.929. The summed E-state index contributed by atoms with van der Waals surface area (Å²) in [6.07, 6.45) is 4.53. The Kier molecular flexibility index (Phi) is 5.60. The first kappa shape index (κ1) is 15.4. The number of urea groups is 1. The number of carbonyl (C=O) groups excluding carboxylic acids is 2. The normalized spacial score (nSPS) is 15.3. The molecule has 1 saturated carbocycles. The van der Waals surface area contributed by atoms with Crippen molar-refractivity contribution in [2.75, 3.05) is 7.05 Å². The third-order valence-electron chi connectivity index (χ3n) is 3.68. The number of hydrogen-bond acceptors (Lipinski definition) is 3. The van der Waals surface area contributed by atoms with Crippen LogP contribution in [0, 0.1) is 0 Å². The Morgan fingerprint density at radius 2 is 1.86 bits per heavy atom. The van der Waals surface area contributed by atoms with Crippen LogP contribution >= 0.6 is 0 Å². The van der Waals surface area contributed by atoms with Crippen molar-refractivity contribution in [3.63, 3.8) is 0 Å². The maximum absolute atomic E-state index is 11.9. The first-order valence-corrected chi connectivity index (χ1v) is 7.43. The number of carbonyl (C=O) groups is 2. The molecule has 2 rings (SSSR count). The smallest absolute Gasteiger partial charge is 0.417 e. The molecular formula is C16H22N2O3. The van der Waals surface area contributed by atoms with Crippen LogP contribution in [0.3, 0.4) is 0 Å². The SMILES string of the molecule is CN(C(=O)NCc1ccccc1)C(=O)OC1CCCCC1. The van der Waals surface area contributed by atoms with E-state index >= 15 is 0 Å². The summed E-state index contributed by atoms with van der Waals surface area (Å²) in [4.78, 5) is 24.8. The second-order valence-corrected chi connectivity index (χ2v) is 5.35. The maximum atomic E-state index is 11.9. The third-order valence-corrected chi connectivity index (χ3v) is 3.68. The van der Waals surface area contributed by atoms with Crippen molar-refractivity contribution in [2.45, 2.75) is 44.8 Å². The van der Waals surface area contributed by atoms with Crippen LogP contribution in [0.2, 0.25) is 0 Å². The van der Waals surface area contributed by atoms with Gasteiger partial charge in [0.1, 0.15) is 6.10 Å². The van der Waals surface area contributed by atoms with Crippen molar-refractivity contribution >= 4 is 12.1 Å². The van der Waals surface area contributed by atoms with Crippen molar-refractivity contribution in [2.24, 2.45) is 0 Å². The summed E-state index contributed by atoms with van der Waals surface area (Å²) >= 11 is 0. The Morgan fingerprint density at radius 3 is 2.52 bits per heavy atom. The van der Waals surface area contributed by atoms with E-state index in [4.69, 9.17) is 4.74 Å². The minimum absolute atomic E-state index is 0.0457. The minimum Gasteiger partial charge on any atom is -0.446 e.